The van der Waals surface area contributed by atoms with Gasteiger partial charge in [-0.15, -0.1) is 0 Å². The molecule has 0 saturated carbocycles. The summed E-state index contributed by atoms with van der Waals surface area (Å²) in [7, 11) is 0. The van der Waals surface area contributed by atoms with E-state index < -0.39 is 12.2 Å². The number of aliphatic hydroxyl groups is 1. The Kier molecular flexibility index (Phi) is 11.1. The second kappa shape index (κ2) is 9.39. The van der Waals surface area contributed by atoms with Crippen LogP contribution in [0.4, 0.5) is 0 Å². The van der Waals surface area contributed by atoms with Gasteiger partial charge >= 0.3 is 5.97 Å². The van der Waals surface area contributed by atoms with Crippen molar-refractivity contribution in [2.75, 3.05) is 0 Å². The number of aliphatic carboxylic acids is 1. The minimum Gasteiger partial charge on any atom is -0.481 e. The molecular formula is C7H17NO3. The van der Waals surface area contributed by atoms with Gasteiger partial charge < -0.3 is 15.9 Å². The van der Waals surface area contributed by atoms with Crippen molar-refractivity contribution in [2.45, 2.75) is 39.3 Å². The molecule has 0 aromatic carbocycles. The van der Waals surface area contributed by atoms with Crippen LogP contribution in [0.15, 0.2) is 0 Å². The molecule has 0 bridgehead atoms. The molecule has 0 spiro atoms. The maximum absolute atomic E-state index is 9.76. The third kappa shape index (κ3) is 44.6. The second-order valence-corrected chi connectivity index (χ2v) is 2.24. The molecule has 0 saturated heterocycles. The Hall–Kier alpha value is -0.610. The predicted molar refractivity (Wildman–Crippen MR) is 43.0 cm³/mol. The summed E-state index contributed by atoms with van der Waals surface area (Å²) in [5.41, 5.74) is 4.67. The zero-order valence-electron chi connectivity index (χ0n) is 7.08. The first-order valence-electron chi connectivity index (χ1n) is 3.66. The highest BCUT2D eigenvalue weighted by molar-refractivity contribution is 5.66. The largest absolute Gasteiger partial charge is 0.481 e. The maximum atomic E-state index is 9.76. The van der Waals surface area contributed by atoms with Gasteiger partial charge in [-0.05, 0) is 13.3 Å². The van der Waals surface area contributed by atoms with Crippen LogP contribution in [0.2, 0.25) is 0 Å². The first-order chi connectivity index (χ1) is 5.00. The number of carboxylic acids is 1. The van der Waals surface area contributed by atoms with Gasteiger partial charge in [-0.3, -0.25) is 4.79 Å². The van der Waals surface area contributed by atoms with E-state index in [1.165, 1.54) is 6.92 Å². The Balaban J connectivity index is 0. The Morgan fingerprint density at radius 2 is 2.00 bits per heavy atom. The van der Waals surface area contributed by atoms with Crippen LogP contribution >= 0.6 is 0 Å². The van der Waals surface area contributed by atoms with Crippen molar-refractivity contribution in [3.8, 4) is 0 Å². The predicted octanol–water partition coefficient (Wildman–Crippen LogP) is 0.545. The van der Waals surface area contributed by atoms with Crippen LogP contribution in [-0.4, -0.2) is 22.4 Å². The van der Waals surface area contributed by atoms with E-state index in [2.05, 4.69) is 5.73 Å². The van der Waals surface area contributed by atoms with E-state index in [0.29, 0.717) is 6.42 Å². The minimum atomic E-state index is -0.693. The Morgan fingerprint density at radius 3 is 2.09 bits per heavy atom. The van der Waals surface area contributed by atoms with Gasteiger partial charge in [0.25, 0.3) is 0 Å². The topological polar surface area (TPSA) is 83.5 Å². The number of hydrogen-bond donors (Lipinski definition) is 3. The van der Waals surface area contributed by atoms with Gasteiger partial charge in [0.2, 0.25) is 0 Å². The van der Waals surface area contributed by atoms with Crippen LogP contribution in [0.25, 0.3) is 0 Å². The minimum absolute atomic E-state index is 0.316. The third-order valence-electron chi connectivity index (χ3n) is 0.744. The van der Waals surface area contributed by atoms with E-state index in [1.54, 1.807) is 0 Å². The molecule has 0 aromatic rings. The van der Waals surface area contributed by atoms with Crippen molar-refractivity contribution in [1.82, 2.24) is 0 Å². The highest BCUT2D eigenvalue weighted by Gasteiger charge is 1.90. The van der Waals surface area contributed by atoms with E-state index >= 15 is 0 Å². The average molecular weight is 163 g/mol. The Labute approximate surface area is 67.0 Å². The van der Waals surface area contributed by atoms with Gasteiger partial charge in [0.1, 0.15) is 0 Å². The van der Waals surface area contributed by atoms with Crippen LogP contribution in [0.3, 0.4) is 0 Å². The average Bonchev–Trinajstić information content (AvgIpc) is 1.82. The molecule has 68 valence electrons. The number of unbranched alkanes of at least 4 members (excludes halogenated alkanes) is 1. The van der Waals surface area contributed by atoms with Crippen LogP contribution in [0.5, 0.6) is 0 Å². The monoisotopic (exact) mass is 163 g/mol. The van der Waals surface area contributed by atoms with Gasteiger partial charge in [-0.2, -0.15) is 0 Å². The summed E-state index contributed by atoms with van der Waals surface area (Å²) >= 11 is 0. The van der Waals surface area contributed by atoms with Crippen molar-refractivity contribution in [3.63, 3.8) is 0 Å². The summed E-state index contributed by atoms with van der Waals surface area (Å²) < 4.78 is 0. The molecule has 11 heavy (non-hydrogen) atoms. The van der Waals surface area contributed by atoms with Crippen LogP contribution in [0, 0.1) is 0 Å². The first kappa shape index (κ1) is 13.0. The van der Waals surface area contributed by atoms with Crippen molar-refractivity contribution in [3.05, 3.63) is 0 Å². The quantitative estimate of drug-likeness (QED) is 0.530. The molecular weight excluding hydrogens is 146 g/mol. The Bertz CT molecular complexity index is 90.9. The van der Waals surface area contributed by atoms with E-state index in [0.717, 1.165) is 12.8 Å². The van der Waals surface area contributed by atoms with Crippen molar-refractivity contribution in [2.24, 2.45) is 5.73 Å². The molecule has 0 aromatic heterocycles. The molecule has 0 aliphatic heterocycles. The van der Waals surface area contributed by atoms with Crippen molar-refractivity contribution < 1.29 is 15.0 Å². The highest BCUT2D eigenvalue weighted by Crippen LogP contribution is 1.91. The molecule has 0 rings (SSSR count). The lowest BCUT2D eigenvalue weighted by atomic mass is 10.3. The molecule has 4 heteroatoms. The van der Waals surface area contributed by atoms with E-state index in [9.17, 15) is 4.79 Å². The number of carboxylic acid groups (broad SMARTS) is 1. The number of rotatable bonds is 3. The zero-order valence-corrected chi connectivity index (χ0v) is 7.08. The summed E-state index contributed by atoms with van der Waals surface area (Å²) in [4.78, 5) is 9.76. The summed E-state index contributed by atoms with van der Waals surface area (Å²) in [6.07, 6.45) is 1.41. The summed E-state index contributed by atoms with van der Waals surface area (Å²) in [5, 5.41) is 15.9. The van der Waals surface area contributed by atoms with E-state index in [4.69, 9.17) is 10.2 Å². The molecule has 1 unspecified atom stereocenters. The SMILES string of the molecule is CC(N)O.CCCCC(=O)O. The van der Waals surface area contributed by atoms with Crippen LogP contribution < -0.4 is 5.73 Å². The van der Waals surface area contributed by atoms with E-state index in [-0.39, 0.29) is 0 Å². The molecule has 0 radical (unpaired) electrons. The standard InChI is InChI=1S/C5H10O2.C2H7NO/c1-2-3-4-5(6)7;1-2(3)4/h2-4H2,1H3,(H,6,7);2,4H,3H2,1H3. The fourth-order valence-corrected chi connectivity index (χ4v) is 0.328. The maximum Gasteiger partial charge on any atom is 0.303 e. The molecule has 0 aliphatic rings. The van der Waals surface area contributed by atoms with Crippen LogP contribution in [0.1, 0.15) is 33.1 Å². The fourth-order valence-electron chi connectivity index (χ4n) is 0.328. The molecule has 0 aliphatic carbocycles. The molecule has 4 N–H and O–H groups in total. The van der Waals surface area contributed by atoms with Gasteiger partial charge in [0, 0.05) is 6.42 Å². The number of hydrogen-bond acceptors (Lipinski definition) is 3. The first-order valence-corrected chi connectivity index (χ1v) is 3.66. The van der Waals surface area contributed by atoms with Gasteiger partial charge in [-0.25, -0.2) is 0 Å². The lowest BCUT2D eigenvalue weighted by molar-refractivity contribution is -0.137. The molecule has 1 atom stereocenters. The van der Waals surface area contributed by atoms with Crippen molar-refractivity contribution in [1.29, 1.82) is 0 Å². The number of nitrogens with two attached hydrogens (primary N) is 1. The molecule has 0 amide bonds. The Morgan fingerprint density at radius 1 is 1.64 bits per heavy atom. The normalized spacial score (nSPS) is 11.3. The van der Waals surface area contributed by atoms with Crippen LogP contribution in [-0.2, 0) is 4.79 Å². The third-order valence-corrected chi connectivity index (χ3v) is 0.744. The van der Waals surface area contributed by atoms with Gasteiger partial charge in [0.05, 0.1) is 6.23 Å². The molecule has 4 nitrogen and oxygen atoms in total. The molecule has 0 heterocycles. The van der Waals surface area contributed by atoms with Gasteiger partial charge in [-0.1, -0.05) is 13.3 Å². The number of aliphatic hydroxyl groups excluding tert-OH is 1. The lowest BCUT2D eigenvalue weighted by Crippen LogP contribution is -2.11. The smallest absolute Gasteiger partial charge is 0.303 e. The fraction of sp³-hybridized carbons (Fsp3) is 0.857. The number of carbonyl (C=O) groups is 1. The lowest BCUT2D eigenvalue weighted by Gasteiger charge is -1.85. The second-order valence-electron chi connectivity index (χ2n) is 2.24. The summed E-state index contributed by atoms with van der Waals surface area (Å²) in [6, 6.07) is 0. The van der Waals surface area contributed by atoms with Crippen molar-refractivity contribution >= 4 is 5.97 Å². The zero-order chi connectivity index (χ0) is 9.28. The summed E-state index contributed by atoms with van der Waals surface area (Å²) in [5.74, 6) is -0.693. The molecule has 0 fully saturated rings. The summed E-state index contributed by atoms with van der Waals surface area (Å²) in [6.45, 7) is 3.48. The van der Waals surface area contributed by atoms with Gasteiger partial charge in [0.15, 0.2) is 0 Å². The highest BCUT2D eigenvalue weighted by atomic mass is 16.4. The van der Waals surface area contributed by atoms with E-state index in [1.807, 2.05) is 6.92 Å².